The highest BCUT2D eigenvalue weighted by atomic mass is 19.4. The number of carbonyl (C=O) groups excluding carboxylic acids is 1. The van der Waals surface area contributed by atoms with Crippen molar-refractivity contribution in [2.45, 2.75) is 46.0 Å². The zero-order valence-corrected chi connectivity index (χ0v) is 18.3. The van der Waals surface area contributed by atoms with Crippen LogP contribution in [0.1, 0.15) is 44.9 Å². The summed E-state index contributed by atoms with van der Waals surface area (Å²) in [6, 6.07) is 4.58. The summed E-state index contributed by atoms with van der Waals surface area (Å²) in [6.45, 7) is 1.76. The fourth-order valence-corrected chi connectivity index (χ4v) is 4.44. The average molecular weight is 515 g/mol. The van der Waals surface area contributed by atoms with Gasteiger partial charge >= 0.3 is 6.18 Å². The summed E-state index contributed by atoms with van der Waals surface area (Å²) in [5, 5.41) is 13.3. The summed E-state index contributed by atoms with van der Waals surface area (Å²) >= 11 is 0. The Morgan fingerprint density at radius 3 is 2.39 bits per heavy atom. The maximum Gasteiger partial charge on any atom is 0.416 e. The number of hydrogen-bond donors (Lipinski definition) is 3. The molecule has 4 N–H and O–H groups in total. The number of anilines is 2. The topological polar surface area (TPSA) is 108 Å². The summed E-state index contributed by atoms with van der Waals surface area (Å²) in [5.74, 6) is -1.20. The number of likely N-dealkylation sites (tertiary alicyclic amines) is 1. The molecule has 0 saturated carbocycles. The minimum absolute atomic E-state index is 0. The largest absolute Gasteiger partial charge is 0.416 e. The Labute approximate surface area is 208 Å². The van der Waals surface area contributed by atoms with Crippen molar-refractivity contribution in [2.24, 2.45) is 11.7 Å². The van der Waals surface area contributed by atoms with Crippen molar-refractivity contribution in [3.8, 4) is 0 Å². The molecule has 0 aliphatic carbocycles. The number of halogens is 4. The smallest absolute Gasteiger partial charge is 0.391 e. The molecular weight excluding hydrogens is 480 g/mol. The molecule has 0 radical (unpaired) electrons. The zero-order chi connectivity index (χ0) is 24.5. The number of β-amino-alcohol motifs (C(OH)–C–C–N with tert-alkyl or cyclic N) is 1. The standard InChI is InChI=1S/C22H26F4N6O2.2CH4/c23-19-20(28-9-14-5-7-31(10-17(14)33)11-18(27)34)29-12-30-21(19)32-8-6-16(32)13-1-3-15(4-2-13)22(24,25)26;;/h1-4,12,14,16-17,33H,5-11H2,(H2,27,34)(H,28,29,30);2*1H4/t14-,16?,17+;;/m0../s1. The van der Waals surface area contributed by atoms with E-state index in [0.29, 0.717) is 38.0 Å². The summed E-state index contributed by atoms with van der Waals surface area (Å²) < 4.78 is 53.7. The van der Waals surface area contributed by atoms with Crippen LogP contribution in [0.15, 0.2) is 30.6 Å². The first-order valence-electron chi connectivity index (χ1n) is 11.0. The highest BCUT2D eigenvalue weighted by molar-refractivity contribution is 5.75. The van der Waals surface area contributed by atoms with Crippen LogP contribution in [0.2, 0.25) is 0 Å². The van der Waals surface area contributed by atoms with Crippen LogP contribution in [0.25, 0.3) is 0 Å². The molecule has 200 valence electrons. The number of aliphatic hydroxyl groups is 1. The number of hydrogen-bond acceptors (Lipinski definition) is 7. The molecule has 12 heteroatoms. The summed E-state index contributed by atoms with van der Waals surface area (Å²) in [4.78, 5) is 22.6. The lowest BCUT2D eigenvalue weighted by molar-refractivity contribution is -0.137. The van der Waals surface area contributed by atoms with Gasteiger partial charge in [0, 0.05) is 25.6 Å². The van der Waals surface area contributed by atoms with Crippen LogP contribution in [0.5, 0.6) is 0 Å². The van der Waals surface area contributed by atoms with Crippen molar-refractivity contribution in [3.63, 3.8) is 0 Å². The van der Waals surface area contributed by atoms with E-state index in [4.69, 9.17) is 5.73 Å². The molecule has 2 saturated heterocycles. The normalized spacial score (nSPS) is 22.1. The number of nitrogens with zero attached hydrogens (tertiary/aromatic N) is 4. The minimum Gasteiger partial charge on any atom is -0.391 e. The molecule has 2 fully saturated rings. The minimum atomic E-state index is -4.41. The van der Waals surface area contributed by atoms with E-state index in [9.17, 15) is 23.1 Å². The van der Waals surface area contributed by atoms with Crippen molar-refractivity contribution < 1.29 is 27.5 Å². The van der Waals surface area contributed by atoms with Gasteiger partial charge in [-0.1, -0.05) is 27.0 Å². The maximum absolute atomic E-state index is 15.2. The van der Waals surface area contributed by atoms with Crippen LogP contribution in [0.3, 0.4) is 0 Å². The summed E-state index contributed by atoms with van der Waals surface area (Å²) in [5.41, 5.74) is 5.12. The van der Waals surface area contributed by atoms with E-state index in [2.05, 4.69) is 15.3 Å². The molecule has 1 aromatic heterocycles. The second-order valence-corrected chi connectivity index (χ2v) is 8.68. The molecule has 3 heterocycles. The average Bonchev–Trinajstić information content (AvgIpc) is 2.74. The van der Waals surface area contributed by atoms with Crippen LogP contribution in [0.4, 0.5) is 29.2 Å². The molecule has 0 spiro atoms. The SMILES string of the molecule is C.C.NC(=O)CN1CC[C@@H](CNc2ncnc(N3CCC3c3ccc(C(F)(F)F)cc3)c2F)[C@H](O)C1. The third kappa shape index (κ3) is 6.41. The second kappa shape index (κ2) is 11.8. The monoisotopic (exact) mass is 514 g/mol. The van der Waals surface area contributed by atoms with Crippen LogP contribution >= 0.6 is 0 Å². The van der Waals surface area contributed by atoms with Gasteiger partial charge in [-0.25, -0.2) is 9.97 Å². The van der Waals surface area contributed by atoms with Gasteiger partial charge in [0.25, 0.3) is 0 Å². The van der Waals surface area contributed by atoms with E-state index in [1.807, 2.05) is 0 Å². The Bertz CT molecular complexity index is 1020. The number of aromatic nitrogens is 2. The predicted molar refractivity (Wildman–Crippen MR) is 130 cm³/mol. The Kier molecular flexibility index (Phi) is 9.61. The van der Waals surface area contributed by atoms with Crippen LogP contribution < -0.4 is 16.0 Å². The highest BCUT2D eigenvalue weighted by Crippen LogP contribution is 2.39. The van der Waals surface area contributed by atoms with E-state index in [1.54, 1.807) is 9.80 Å². The molecule has 0 bridgehead atoms. The molecule has 8 nitrogen and oxygen atoms in total. The van der Waals surface area contributed by atoms with Crippen LogP contribution in [-0.2, 0) is 11.0 Å². The van der Waals surface area contributed by atoms with E-state index in [1.165, 1.54) is 18.5 Å². The van der Waals surface area contributed by atoms with Gasteiger partial charge in [0.05, 0.1) is 24.3 Å². The molecule has 36 heavy (non-hydrogen) atoms. The zero-order valence-electron chi connectivity index (χ0n) is 18.3. The van der Waals surface area contributed by atoms with Gasteiger partial charge in [0.2, 0.25) is 11.7 Å². The first kappa shape index (κ1) is 29.2. The number of piperidine rings is 1. The van der Waals surface area contributed by atoms with Gasteiger partial charge in [0.15, 0.2) is 11.6 Å². The Morgan fingerprint density at radius 2 is 1.83 bits per heavy atom. The molecule has 1 amide bonds. The van der Waals surface area contributed by atoms with Crippen LogP contribution in [-0.4, -0.2) is 64.7 Å². The first-order valence-corrected chi connectivity index (χ1v) is 11.0. The number of nitrogens with two attached hydrogens (primary N) is 1. The number of primary amides is 1. The third-order valence-corrected chi connectivity index (χ3v) is 6.40. The number of nitrogens with one attached hydrogen (secondary N) is 1. The number of alkyl halides is 3. The van der Waals surface area contributed by atoms with E-state index >= 15 is 4.39 Å². The molecular formula is C24H34F4N6O2. The Balaban J connectivity index is 0.00000228. The Morgan fingerprint density at radius 1 is 1.14 bits per heavy atom. The van der Waals surface area contributed by atoms with Crippen molar-refractivity contribution in [2.75, 3.05) is 42.9 Å². The predicted octanol–water partition coefficient (Wildman–Crippen LogP) is 3.44. The van der Waals surface area contributed by atoms with Gasteiger partial charge in [-0.05, 0) is 37.1 Å². The van der Waals surface area contributed by atoms with Crippen molar-refractivity contribution in [1.82, 2.24) is 14.9 Å². The molecule has 2 aliphatic heterocycles. The Hall–Kier alpha value is -2.99. The number of carbonyl (C=O) groups is 1. The molecule has 2 aliphatic rings. The van der Waals surface area contributed by atoms with Gasteiger partial charge in [-0.15, -0.1) is 0 Å². The number of aliphatic hydroxyl groups excluding tert-OH is 1. The third-order valence-electron chi connectivity index (χ3n) is 6.40. The highest BCUT2D eigenvalue weighted by Gasteiger charge is 2.35. The fraction of sp³-hybridized carbons (Fsp3) is 0.542. The lowest BCUT2D eigenvalue weighted by Crippen LogP contribution is -2.48. The maximum atomic E-state index is 15.2. The van der Waals surface area contributed by atoms with E-state index < -0.39 is 29.6 Å². The van der Waals surface area contributed by atoms with Crippen molar-refractivity contribution >= 4 is 17.5 Å². The summed E-state index contributed by atoms with van der Waals surface area (Å²) in [6.07, 6.45) is -2.63. The van der Waals surface area contributed by atoms with Gasteiger partial charge in [0.1, 0.15) is 6.33 Å². The fourth-order valence-electron chi connectivity index (χ4n) is 4.44. The molecule has 4 rings (SSSR count). The van der Waals surface area contributed by atoms with E-state index in [0.717, 1.165) is 12.1 Å². The quantitative estimate of drug-likeness (QED) is 0.486. The van der Waals surface area contributed by atoms with E-state index in [-0.39, 0.29) is 51.5 Å². The first-order chi connectivity index (χ1) is 16.1. The van der Waals surface area contributed by atoms with Crippen molar-refractivity contribution in [3.05, 3.63) is 47.5 Å². The summed E-state index contributed by atoms with van der Waals surface area (Å²) in [7, 11) is 0. The van der Waals surface area contributed by atoms with Gasteiger partial charge < -0.3 is 21.1 Å². The van der Waals surface area contributed by atoms with Gasteiger partial charge in [-0.2, -0.15) is 17.6 Å². The molecule has 1 unspecified atom stereocenters. The molecule has 3 atom stereocenters. The number of amides is 1. The van der Waals surface area contributed by atoms with Gasteiger partial charge in [-0.3, -0.25) is 9.69 Å². The lowest BCUT2D eigenvalue weighted by Gasteiger charge is -2.42. The number of benzene rings is 1. The second-order valence-electron chi connectivity index (χ2n) is 8.68. The molecule has 1 aromatic carbocycles. The lowest BCUT2D eigenvalue weighted by atomic mass is 9.93. The van der Waals surface area contributed by atoms with Crippen LogP contribution in [0, 0.1) is 11.7 Å². The van der Waals surface area contributed by atoms with Crippen molar-refractivity contribution in [1.29, 1.82) is 0 Å². The number of rotatable bonds is 7. The molecule has 2 aromatic rings.